The van der Waals surface area contributed by atoms with Gasteiger partial charge in [0, 0.05) is 25.0 Å². The van der Waals surface area contributed by atoms with Crippen molar-refractivity contribution in [1.29, 1.82) is 0 Å². The summed E-state index contributed by atoms with van der Waals surface area (Å²) >= 11 is 6.11. The van der Waals surface area contributed by atoms with Gasteiger partial charge in [-0.1, -0.05) is 23.7 Å². The van der Waals surface area contributed by atoms with Crippen molar-refractivity contribution >= 4 is 29.4 Å². The fourth-order valence-electron chi connectivity index (χ4n) is 3.95. The predicted octanol–water partition coefficient (Wildman–Crippen LogP) is 2.95. The molecule has 1 aromatic carbocycles. The van der Waals surface area contributed by atoms with Crippen molar-refractivity contribution in [2.24, 2.45) is 11.8 Å². The average Bonchev–Trinajstić information content (AvgIpc) is 2.68. The van der Waals surface area contributed by atoms with Crippen molar-refractivity contribution in [3.63, 3.8) is 0 Å². The number of rotatable bonds is 4. The topological polar surface area (TPSA) is 86.7 Å². The largest absolute Gasteiger partial charge is 0.481 e. The van der Waals surface area contributed by atoms with Crippen LogP contribution in [0.5, 0.6) is 0 Å². The highest BCUT2D eigenvalue weighted by Crippen LogP contribution is 2.26. The van der Waals surface area contributed by atoms with Crippen LogP contribution in [0.4, 0.5) is 0 Å². The minimum Gasteiger partial charge on any atom is -0.481 e. The number of carboxylic acids is 1. The van der Waals surface area contributed by atoms with Crippen molar-refractivity contribution in [3.8, 4) is 0 Å². The molecule has 0 unspecified atom stereocenters. The molecule has 2 N–H and O–H groups in total. The van der Waals surface area contributed by atoms with Crippen molar-refractivity contribution in [1.82, 2.24) is 10.2 Å². The number of halogens is 1. The number of carboxylic acid groups (broad SMARTS) is 1. The van der Waals surface area contributed by atoms with Crippen molar-refractivity contribution in [2.75, 3.05) is 13.1 Å². The van der Waals surface area contributed by atoms with Crippen LogP contribution in [0.25, 0.3) is 0 Å². The summed E-state index contributed by atoms with van der Waals surface area (Å²) < 4.78 is 0. The van der Waals surface area contributed by atoms with Crippen LogP contribution in [0.3, 0.4) is 0 Å². The molecule has 1 saturated carbocycles. The van der Waals surface area contributed by atoms with Gasteiger partial charge in [-0.05, 0) is 50.7 Å². The SMILES string of the molecule is O=C(O)C1CCC(NC(=O)C2CCN(C(=O)c3ccccc3Cl)CC2)CC1. The monoisotopic (exact) mass is 392 g/mol. The maximum Gasteiger partial charge on any atom is 0.306 e. The molecular weight excluding hydrogens is 368 g/mol. The lowest BCUT2D eigenvalue weighted by Crippen LogP contribution is -2.46. The van der Waals surface area contributed by atoms with E-state index < -0.39 is 5.97 Å². The van der Waals surface area contributed by atoms with Crippen LogP contribution in [0.1, 0.15) is 48.9 Å². The van der Waals surface area contributed by atoms with E-state index in [4.69, 9.17) is 16.7 Å². The number of hydrogen-bond acceptors (Lipinski definition) is 3. The van der Waals surface area contributed by atoms with Crippen molar-refractivity contribution < 1.29 is 19.5 Å². The normalized spacial score (nSPS) is 23.7. The standard InChI is InChI=1S/C20H25ClN2O4/c21-17-4-2-1-3-16(17)19(25)23-11-9-13(10-12-23)18(24)22-15-7-5-14(6-8-15)20(26)27/h1-4,13-15H,5-12H2,(H,22,24)(H,26,27). The maximum atomic E-state index is 12.6. The van der Waals surface area contributed by atoms with Gasteiger partial charge in [0.2, 0.25) is 5.91 Å². The van der Waals surface area contributed by atoms with E-state index in [1.165, 1.54) is 0 Å². The highest BCUT2D eigenvalue weighted by Gasteiger charge is 2.31. The van der Waals surface area contributed by atoms with Crippen LogP contribution < -0.4 is 5.32 Å². The molecule has 0 aromatic heterocycles. The van der Waals surface area contributed by atoms with E-state index >= 15 is 0 Å². The second-order valence-corrected chi connectivity index (χ2v) is 7.85. The van der Waals surface area contributed by atoms with Crippen LogP contribution in [0.2, 0.25) is 5.02 Å². The molecular formula is C20H25ClN2O4. The number of nitrogens with zero attached hydrogens (tertiary/aromatic N) is 1. The quantitative estimate of drug-likeness (QED) is 0.824. The summed E-state index contributed by atoms with van der Waals surface area (Å²) in [6, 6.07) is 7.07. The number of likely N-dealkylation sites (tertiary alicyclic amines) is 1. The van der Waals surface area contributed by atoms with Gasteiger partial charge in [-0.3, -0.25) is 14.4 Å². The predicted molar refractivity (Wildman–Crippen MR) is 102 cm³/mol. The van der Waals surface area contributed by atoms with Crippen LogP contribution in [0.15, 0.2) is 24.3 Å². The lowest BCUT2D eigenvalue weighted by molar-refractivity contribution is -0.142. The summed E-state index contributed by atoms with van der Waals surface area (Å²) in [6.07, 6.45) is 3.92. The Morgan fingerprint density at radius 3 is 2.19 bits per heavy atom. The Morgan fingerprint density at radius 1 is 0.963 bits per heavy atom. The Kier molecular flexibility index (Phi) is 6.37. The number of aliphatic carboxylic acids is 1. The first-order valence-electron chi connectivity index (χ1n) is 9.52. The molecule has 1 heterocycles. The van der Waals surface area contributed by atoms with E-state index in [-0.39, 0.29) is 29.7 Å². The molecule has 0 radical (unpaired) electrons. The molecule has 7 heteroatoms. The molecule has 2 amide bonds. The van der Waals surface area contributed by atoms with Gasteiger partial charge in [0.05, 0.1) is 16.5 Å². The zero-order valence-corrected chi connectivity index (χ0v) is 16.0. The number of amides is 2. The van der Waals surface area contributed by atoms with E-state index in [1.54, 1.807) is 29.2 Å². The van der Waals surface area contributed by atoms with Gasteiger partial charge in [-0.2, -0.15) is 0 Å². The highest BCUT2D eigenvalue weighted by atomic mass is 35.5. The molecule has 1 aromatic rings. The molecule has 27 heavy (non-hydrogen) atoms. The molecule has 146 valence electrons. The second-order valence-electron chi connectivity index (χ2n) is 7.44. The van der Waals surface area contributed by atoms with Gasteiger partial charge >= 0.3 is 5.97 Å². The van der Waals surface area contributed by atoms with Gasteiger partial charge in [0.25, 0.3) is 5.91 Å². The number of hydrogen-bond donors (Lipinski definition) is 2. The molecule has 0 spiro atoms. The number of carbonyl (C=O) groups excluding carboxylic acids is 2. The Morgan fingerprint density at radius 2 is 1.59 bits per heavy atom. The number of nitrogens with one attached hydrogen (secondary N) is 1. The van der Waals surface area contributed by atoms with Crippen LogP contribution in [-0.2, 0) is 9.59 Å². The van der Waals surface area contributed by atoms with E-state index in [9.17, 15) is 14.4 Å². The molecule has 1 aliphatic carbocycles. The molecule has 1 aliphatic heterocycles. The van der Waals surface area contributed by atoms with Gasteiger partial charge in [-0.25, -0.2) is 0 Å². The average molecular weight is 393 g/mol. The zero-order valence-electron chi connectivity index (χ0n) is 15.2. The lowest BCUT2D eigenvalue weighted by atomic mass is 9.85. The minimum absolute atomic E-state index is 0.0265. The first-order valence-corrected chi connectivity index (χ1v) is 9.90. The fourth-order valence-corrected chi connectivity index (χ4v) is 4.17. The van der Waals surface area contributed by atoms with Gasteiger partial charge in [-0.15, -0.1) is 0 Å². The zero-order chi connectivity index (χ0) is 19.4. The van der Waals surface area contributed by atoms with Crippen molar-refractivity contribution in [3.05, 3.63) is 34.9 Å². The second kappa shape index (κ2) is 8.74. The number of piperidine rings is 1. The summed E-state index contributed by atoms with van der Waals surface area (Å²) in [6.45, 7) is 1.07. The molecule has 0 bridgehead atoms. The summed E-state index contributed by atoms with van der Waals surface area (Å²) in [5.74, 6) is -1.19. The Bertz CT molecular complexity index is 708. The fraction of sp³-hybridized carbons (Fsp3) is 0.550. The Hall–Kier alpha value is -2.08. The third-order valence-corrected chi connectivity index (χ3v) is 6.01. The van der Waals surface area contributed by atoms with Crippen LogP contribution in [0, 0.1) is 11.8 Å². The Labute approximate surface area is 163 Å². The van der Waals surface area contributed by atoms with Crippen molar-refractivity contribution in [2.45, 2.75) is 44.6 Å². The molecule has 2 aliphatic rings. The third kappa shape index (κ3) is 4.80. The number of carbonyl (C=O) groups is 3. The van der Waals surface area contributed by atoms with E-state index in [2.05, 4.69) is 5.32 Å². The molecule has 2 fully saturated rings. The summed E-state index contributed by atoms with van der Waals surface area (Å²) in [5, 5.41) is 12.6. The summed E-state index contributed by atoms with van der Waals surface area (Å²) in [7, 11) is 0. The van der Waals surface area contributed by atoms with E-state index in [0.29, 0.717) is 62.2 Å². The Balaban J connectivity index is 1.46. The first kappa shape index (κ1) is 19.7. The third-order valence-electron chi connectivity index (χ3n) is 5.68. The molecule has 6 nitrogen and oxygen atoms in total. The number of benzene rings is 1. The van der Waals surface area contributed by atoms with E-state index in [0.717, 1.165) is 0 Å². The first-order chi connectivity index (χ1) is 13.0. The molecule has 0 atom stereocenters. The molecule has 1 saturated heterocycles. The highest BCUT2D eigenvalue weighted by molar-refractivity contribution is 6.33. The van der Waals surface area contributed by atoms with Crippen LogP contribution in [-0.4, -0.2) is 46.9 Å². The molecule has 3 rings (SSSR count). The summed E-state index contributed by atoms with van der Waals surface area (Å²) in [5.41, 5.74) is 0.497. The smallest absolute Gasteiger partial charge is 0.306 e. The van der Waals surface area contributed by atoms with E-state index in [1.807, 2.05) is 0 Å². The van der Waals surface area contributed by atoms with Crippen LogP contribution >= 0.6 is 11.6 Å². The van der Waals surface area contributed by atoms with Gasteiger partial charge in [0.15, 0.2) is 0 Å². The lowest BCUT2D eigenvalue weighted by Gasteiger charge is -2.33. The summed E-state index contributed by atoms with van der Waals surface area (Å²) in [4.78, 5) is 37.9. The van der Waals surface area contributed by atoms with Gasteiger partial charge in [0.1, 0.15) is 0 Å². The minimum atomic E-state index is -0.740. The maximum absolute atomic E-state index is 12.6. The van der Waals surface area contributed by atoms with Gasteiger partial charge < -0.3 is 15.3 Å².